The predicted molar refractivity (Wildman–Crippen MR) is 107 cm³/mol. The van der Waals surface area contributed by atoms with E-state index in [1.54, 1.807) is 24.3 Å². The molecule has 4 nitrogen and oxygen atoms in total. The summed E-state index contributed by atoms with van der Waals surface area (Å²) >= 11 is 5.87. The molecule has 2 aromatic carbocycles. The number of halogens is 1. The molecule has 0 atom stereocenters. The number of hydrazone groups is 1. The van der Waals surface area contributed by atoms with Gasteiger partial charge in [-0.05, 0) is 55.3 Å². The molecule has 1 N–H and O–H groups in total. The molecular weight excluding hydrogens is 348 g/mol. The summed E-state index contributed by atoms with van der Waals surface area (Å²) in [6.45, 7) is 4.72. The molecule has 0 radical (unpaired) electrons. The average molecular weight is 373 g/mol. The fraction of sp³-hybridized carbons (Fsp3) is 0.333. The third kappa shape index (κ3) is 6.52. The molecule has 0 saturated heterocycles. The number of carbonyl (C=O) groups excluding carboxylic acids is 1. The van der Waals surface area contributed by atoms with Gasteiger partial charge in [0.2, 0.25) is 0 Å². The molecule has 0 aliphatic rings. The number of unbranched alkanes of at least 4 members (excludes halogenated alkanes) is 3. The monoisotopic (exact) mass is 372 g/mol. The quantitative estimate of drug-likeness (QED) is 0.361. The van der Waals surface area contributed by atoms with Gasteiger partial charge in [0, 0.05) is 10.6 Å². The SMILES string of the molecule is CCCCCCOc1ccc(C(=O)NN=C(C)c2ccc(Cl)cc2)cc1. The molecule has 0 bridgehead atoms. The van der Waals surface area contributed by atoms with E-state index in [9.17, 15) is 4.79 Å². The number of amides is 1. The summed E-state index contributed by atoms with van der Waals surface area (Å²) in [7, 11) is 0. The zero-order valence-electron chi connectivity index (χ0n) is 15.3. The Morgan fingerprint density at radius 3 is 2.31 bits per heavy atom. The van der Waals surface area contributed by atoms with Crippen molar-refractivity contribution in [1.82, 2.24) is 5.43 Å². The summed E-state index contributed by atoms with van der Waals surface area (Å²) < 4.78 is 5.68. The van der Waals surface area contributed by atoms with Crippen molar-refractivity contribution in [1.29, 1.82) is 0 Å². The minimum Gasteiger partial charge on any atom is -0.494 e. The molecule has 0 fully saturated rings. The van der Waals surface area contributed by atoms with Gasteiger partial charge in [0.25, 0.3) is 5.91 Å². The number of nitrogens with one attached hydrogen (secondary N) is 1. The van der Waals surface area contributed by atoms with Gasteiger partial charge in [0.15, 0.2) is 0 Å². The summed E-state index contributed by atoms with van der Waals surface area (Å²) in [5.74, 6) is 0.520. The highest BCUT2D eigenvalue weighted by Gasteiger charge is 2.05. The Balaban J connectivity index is 1.85. The number of carbonyl (C=O) groups is 1. The zero-order chi connectivity index (χ0) is 18.8. The van der Waals surface area contributed by atoms with Gasteiger partial charge in [0.1, 0.15) is 5.75 Å². The Morgan fingerprint density at radius 2 is 1.65 bits per heavy atom. The summed E-state index contributed by atoms with van der Waals surface area (Å²) in [5.41, 5.74) is 4.73. The standard InChI is InChI=1S/C21H25ClN2O2/c1-3-4-5-6-15-26-20-13-9-18(10-14-20)21(25)24-23-16(2)17-7-11-19(22)12-8-17/h7-14H,3-6,15H2,1-2H3,(H,24,25). The zero-order valence-corrected chi connectivity index (χ0v) is 16.1. The molecule has 1 amide bonds. The van der Waals surface area contributed by atoms with Crippen LogP contribution in [0.4, 0.5) is 0 Å². The Morgan fingerprint density at radius 1 is 1.00 bits per heavy atom. The molecule has 0 aliphatic heterocycles. The Labute approximate surface area is 160 Å². The van der Waals surface area contributed by atoms with Gasteiger partial charge in [-0.25, -0.2) is 5.43 Å². The minimum absolute atomic E-state index is 0.257. The maximum atomic E-state index is 12.2. The Hall–Kier alpha value is -2.33. The molecule has 0 aromatic heterocycles. The molecule has 0 spiro atoms. The lowest BCUT2D eigenvalue weighted by atomic mass is 10.1. The van der Waals surface area contributed by atoms with E-state index in [1.807, 2.05) is 31.2 Å². The first-order valence-electron chi connectivity index (χ1n) is 8.93. The second-order valence-electron chi connectivity index (χ2n) is 6.08. The highest BCUT2D eigenvalue weighted by Crippen LogP contribution is 2.13. The van der Waals surface area contributed by atoms with Crippen LogP contribution in [0.5, 0.6) is 5.75 Å². The van der Waals surface area contributed by atoms with E-state index >= 15 is 0 Å². The van der Waals surface area contributed by atoms with Crippen LogP contribution in [0.3, 0.4) is 0 Å². The maximum Gasteiger partial charge on any atom is 0.271 e. The third-order valence-corrected chi connectivity index (χ3v) is 4.22. The van der Waals surface area contributed by atoms with Gasteiger partial charge in [-0.3, -0.25) is 4.79 Å². The first-order valence-corrected chi connectivity index (χ1v) is 9.31. The number of hydrogen-bond acceptors (Lipinski definition) is 3. The van der Waals surface area contributed by atoms with Crippen LogP contribution in [-0.2, 0) is 0 Å². The van der Waals surface area contributed by atoms with Crippen molar-refractivity contribution in [3.05, 3.63) is 64.7 Å². The van der Waals surface area contributed by atoms with Crippen molar-refractivity contribution < 1.29 is 9.53 Å². The molecule has 0 heterocycles. The largest absolute Gasteiger partial charge is 0.494 e. The second-order valence-corrected chi connectivity index (χ2v) is 6.51. The lowest BCUT2D eigenvalue weighted by Crippen LogP contribution is -2.19. The van der Waals surface area contributed by atoms with Crippen LogP contribution in [0.2, 0.25) is 5.02 Å². The molecule has 2 aromatic rings. The Kier molecular flexibility index (Phi) is 8.16. The smallest absolute Gasteiger partial charge is 0.271 e. The second kappa shape index (κ2) is 10.6. The summed E-state index contributed by atoms with van der Waals surface area (Å²) in [6, 6.07) is 14.4. The fourth-order valence-corrected chi connectivity index (χ4v) is 2.50. The molecule has 0 unspecified atom stereocenters. The average Bonchev–Trinajstić information content (AvgIpc) is 2.66. The van der Waals surface area contributed by atoms with Crippen LogP contribution in [0.1, 0.15) is 55.5 Å². The van der Waals surface area contributed by atoms with E-state index in [0.29, 0.717) is 22.9 Å². The van der Waals surface area contributed by atoms with Crippen molar-refractivity contribution in [2.45, 2.75) is 39.5 Å². The van der Waals surface area contributed by atoms with E-state index in [4.69, 9.17) is 16.3 Å². The first-order chi connectivity index (χ1) is 12.6. The predicted octanol–water partition coefficient (Wildman–Crippen LogP) is 5.45. The minimum atomic E-state index is -0.257. The van der Waals surface area contributed by atoms with Crippen molar-refractivity contribution in [3.63, 3.8) is 0 Å². The Bertz CT molecular complexity index is 725. The number of rotatable bonds is 9. The number of ether oxygens (including phenoxy) is 1. The van der Waals surface area contributed by atoms with Crippen LogP contribution in [0.15, 0.2) is 53.6 Å². The molecular formula is C21H25ClN2O2. The van der Waals surface area contributed by atoms with Crippen LogP contribution in [0.25, 0.3) is 0 Å². The van der Waals surface area contributed by atoms with E-state index in [0.717, 1.165) is 17.7 Å². The lowest BCUT2D eigenvalue weighted by molar-refractivity contribution is 0.0955. The van der Waals surface area contributed by atoms with Gasteiger partial charge < -0.3 is 4.74 Å². The van der Waals surface area contributed by atoms with E-state index in [-0.39, 0.29) is 5.91 Å². The highest BCUT2D eigenvalue weighted by molar-refractivity contribution is 6.30. The summed E-state index contributed by atoms with van der Waals surface area (Å²) in [6.07, 6.45) is 4.68. The van der Waals surface area contributed by atoms with Crippen LogP contribution >= 0.6 is 11.6 Å². The summed E-state index contributed by atoms with van der Waals surface area (Å²) in [4.78, 5) is 12.2. The topological polar surface area (TPSA) is 50.7 Å². The van der Waals surface area contributed by atoms with E-state index < -0.39 is 0 Å². The molecule has 26 heavy (non-hydrogen) atoms. The van der Waals surface area contributed by atoms with Gasteiger partial charge in [-0.1, -0.05) is 49.9 Å². The van der Waals surface area contributed by atoms with E-state index in [2.05, 4.69) is 17.5 Å². The van der Waals surface area contributed by atoms with Crippen molar-refractivity contribution in [3.8, 4) is 5.75 Å². The normalized spacial score (nSPS) is 11.3. The molecule has 2 rings (SSSR count). The van der Waals surface area contributed by atoms with Crippen molar-refractivity contribution in [2.75, 3.05) is 6.61 Å². The van der Waals surface area contributed by atoms with Crippen LogP contribution < -0.4 is 10.2 Å². The fourth-order valence-electron chi connectivity index (χ4n) is 2.38. The highest BCUT2D eigenvalue weighted by atomic mass is 35.5. The van der Waals surface area contributed by atoms with Crippen molar-refractivity contribution in [2.24, 2.45) is 5.10 Å². The van der Waals surface area contributed by atoms with Gasteiger partial charge in [-0.15, -0.1) is 0 Å². The third-order valence-electron chi connectivity index (χ3n) is 3.97. The molecule has 138 valence electrons. The van der Waals surface area contributed by atoms with E-state index in [1.165, 1.54) is 19.3 Å². The van der Waals surface area contributed by atoms with Crippen LogP contribution in [0, 0.1) is 0 Å². The van der Waals surface area contributed by atoms with Gasteiger partial charge >= 0.3 is 0 Å². The number of hydrogen-bond donors (Lipinski definition) is 1. The van der Waals surface area contributed by atoms with Gasteiger partial charge in [0.05, 0.1) is 12.3 Å². The number of benzene rings is 2. The molecule has 0 saturated carbocycles. The molecule has 5 heteroatoms. The first kappa shape index (κ1) is 20.0. The summed E-state index contributed by atoms with van der Waals surface area (Å²) in [5, 5.41) is 4.81. The molecule has 0 aliphatic carbocycles. The lowest BCUT2D eigenvalue weighted by Gasteiger charge is -2.07. The van der Waals surface area contributed by atoms with Gasteiger partial charge in [-0.2, -0.15) is 5.10 Å². The maximum absolute atomic E-state index is 12.2. The number of nitrogens with zero attached hydrogens (tertiary/aromatic N) is 1. The van der Waals surface area contributed by atoms with Crippen molar-refractivity contribution >= 4 is 23.2 Å². The van der Waals surface area contributed by atoms with Crippen LogP contribution in [-0.4, -0.2) is 18.2 Å².